The number of anilines is 3. The monoisotopic (exact) mass is 821 g/mol. The molecule has 0 atom stereocenters. The predicted octanol–water partition coefficient (Wildman–Crippen LogP) is 17.7. The van der Waals surface area contributed by atoms with Crippen LogP contribution in [-0.4, -0.2) is 0 Å². The largest absolute Gasteiger partial charge is 0.310 e. The Labute approximate surface area is 372 Å². The molecule has 0 amide bonds. The first-order chi connectivity index (χ1) is 31.0. The molecule has 1 nitrogen and oxygen atoms in total. The minimum Gasteiger partial charge on any atom is -0.310 e. The Morgan fingerprint density at radius 3 is 1.60 bits per heavy atom. The zero-order chi connectivity index (χ0) is 42.1. The third-order valence-corrected chi connectivity index (χ3v) is 14.4. The number of hydrogen-bond donors (Lipinski definition) is 0. The third-order valence-electron chi connectivity index (χ3n) is 13.2. The van der Waals surface area contributed by atoms with Crippen molar-refractivity contribution in [2.24, 2.45) is 0 Å². The van der Waals surface area contributed by atoms with E-state index in [2.05, 4.69) is 243 Å². The van der Waals surface area contributed by atoms with E-state index in [1.54, 1.807) is 0 Å². The molecule has 0 radical (unpaired) electrons. The lowest BCUT2D eigenvalue weighted by Crippen LogP contribution is -2.16. The van der Waals surface area contributed by atoms with Crippen molar-refractivity contribution >= 4 is 59.3 Å². The van der Waals surface area contributed by atoms with Crippen LogP contribution in [0.2, 0.25) is 0 Å². The molecule has 2 heteroatoms. The lowest BCUT2D eigenvalue weighted by Gasteiger charge is -2.27. The lowest BCUT2D eigenvalue weighted by atomic mass is 9.79. The van der Waals surface area contributed by atoms with Gasteiger partial charge in [-0.2, -0.15) is 0 Å². The molecular formula is C61H43NS. The average molecular weight is 822 g/mol. The Balaban J connectivity index is 0.903. The van der Waals surface area contributed by atoms with E-state index in [0.29, 0.717) is 0 Å². The molecule has 1 heterocycles. The highest BCUT2D eigenvalue weighted by atomic mass is 32.1. The van der Waals surface area contributed by atoms with Gasteiger partial charge in [-0.1, -0.05) is 178 Å². The van der Waals surface area contributed by atoms with Crippen LogP contribution in [0.4, 0.5) is 17.1 Å². The van der Waals surface area contributed by atoms with E-state index < -0.39 is 0 Å². The maximum Gasteiger partial charge on any atom is 0.0476 e. The average Bonchev–Trinajstić information content (AvgIpc) is 3.83. The van der Waals surface area contributed by atoms with Crippen molar-refractivity contribution in [1.82, 2.24) is 0 Å². The van der Waals surface area contributed by atoms with Crippen LogP contribution in [0.15, 0.2) is 224 Å². The van der Waals surface area contributed by atoms with E-state index in [-0.39, 0.29) is 5.41 Å². The summed E-state index contributed by atoms with van der Waals surface area (Å²) < 4.78 is 2.60. The van der Waals surface area contributed by atoms with Crippen LogP contribution in [0.3, 0.4) is 0 Å². The number of thiophene rings is 1. The third kappa shape index (κ3) is 6.37. The van der Waals surface area contributed by atoms with Crippen molar-refractivity contribution in [2.75, 3.05) is 4.90 Å². The molecule has 12 rings (SSSR count). The van der Waals surface area contributed by atoms with Crippen LogP contribution in [-0.2, 0) is 5.41 Å². The minimum absolute atomic E-state index is 0.0872. The van der Waals surface area contributed by atoms with Crippen molar-refractivity contribution in [2.45, 2.75) is 19.3 Å². The van der Waals surface area contributed by atoms with Crippen LogP contribution >= 0.6 is 11.3 Å². The molecule has 0 saturated heterocycles. The summed E-state index contributed by atoms with van der Waals surface area (Å²) in [6.07, 6.45) is 0. The van der Waals surface area contributed by atoms with Crippen LogP contribution in [0.1, 0.15) is 25.0 Å². The summed E-state index contributed by atoms with van der Waals surface area (Å²) >= 11 is 1.86. The first-order valence-electron chi connectivity index (χ1n) is 21.8. The molecule has 1 aliphatic carbocycles. The van der Waals surface area contributed by atoms with E-state index in [1.165, 1.54) is 97.7 Å². The highest BCUT2D eigenvalue weighted by Gasteiger charge is 2.37. The minimum atomic E-state index is -0.0872. The van der Waals surface area contributed by atoms with Gasteiger partial charge >= 0.3 is 0 Å². The summed E-state index contributed by atoms with van der Waals surface area (Å²) in [5.41, 5.74) is 18.5. The summed E-state index contributed by atoms with van der Waals surface area (Å²) in [7, 11) is 0. The summed E-state index contributed by atoms with van der Waals surface area (Å²) in [5.74, 6) is 0. The standard InChI is InChI=1S/C61H43NS/c1-61(2)57-22-7-5-18-53(57)56-21-11-20-52(60(56)61)42-28-32-50(33-29-42)62(51-34-35-55-54-19-6-8-23-58(54)63-59(55)39-51)49-30-26-41(27-31-49)44-14-9-15-45(36-44)46-16-10-17-47(38-46)48-25-24-40-12-3-4-13-43(40)37-48/h3-39H,1-2H3. The van der Waals surface area contributed by atoms with Gasteiger partial charge in [-0.05, 0) is 138 Å². The highest BCUT2D eigenvalue weighted by Crippen LogP contribution is 2.52. The van der Waals surface area contributed by atoms with Crippen molar-refractivity contribution in [3.05, 3.63) is 236 Å². The molecule has 0 fully saturated rings. The molecule has 0 spiro atoms. The molecule has 0 N–H and O–H groups in total. The molecule has 0 unspecified atom stereocenters. The fraction of sp³-hybridized carbons (Fsp3) is 0.0492. The topological polar surface area (TPSA) is 3.24 Å². The zero-order valence-electron chi connectivity index (χ0n) is 35.2. The molecule has 0 saturated carbocycles. The Morgan fingerprint density at radius 1 is 0.333 bits per heavy atom. The van der Waals surface area contributed by atoms with Crippen molar-refractivity contribution in [3.8, 4) is 55.6 Å². The van der Waals surface area contributed by atoms with Gasteiger partial charge in [0, 0.05) is 42.6 Å². The Kier molecular flexibility index (Phi) is 8.77. The summed E-state index contributed by atoms with van der Waals surface area (Å²) in [6, 6.07) is 82.8. The SMILES string of the molecule is CC1(C)c2ccccc2-c2cccc(-c3ccc(N(c4ccc(-c5cccc(-c6cccc(-c7ccc8ccccc8c7)c6)c5)cc4)c4ccc5c(c4)sc4ccccc45)cc3)c21. The molecule has 63 heavy (non-hydrogen) atoms. The van der Waals surface area contributed by atoms with Crippen molar-refractivity contribution < 1.29 is 0 Å². The first-order valence-corrected chi connectivity index (χ1v) is 22.6. The Bertz CT molecular complexity index is 3540. The van der Waals surface area contributed by atoms with Crippen LogP contribution in [0.25, 0.3) is 86.6 Å². The van der Waals surface area contributed by atoms with Gasteiger partial charge in [-0.25, -0.2) is 0 Å². The molecule has 11 aromatic rings. The van der Waals surface area contributed by atoms with Crippen molar-refractivity contribution in [1.29, 1.82) is 0 Å². The van der Waals surface area contributed by atoms with Gasteiger partial charge in [-0.15, -0.1) is 11.3 Å². The van der Waals surface area contributed by atoms with E-state index in [1.807, 2.05) is 11.3 Å². The van der Waals surface area contributed by atoms with Gasteiger partial charge in [-0.3, -0.25) is 0 Å². The summed E-state index contributed by atoms with van der Waals surface area (Å²) in [6.45, 7) is 4.73. The maximum atomic E-state index is 2.40. The second kappa shape index (κ2) is 14.8. The van der Waals surface area contributed by atoms with Gasteiger partial charge in [0.15, 0.2) is 0 Å². The van der Waals surface area contributed by atoms with Crippen molar-refractivity contribution in [3.63, 3.8) is 0 Å². The predicted molar refractivity (Wildman–Crippen MR) is 271 cm³/mol. The number of hydrogen-bond acceptors (Lipinski definition) is 2. The molecule has 1 aliphatic rings. The second-order valence-electron chi connectivity index (χ2n) is 17.3. The summed E-state index contributed by atoms with van der Waals surface area (Å²) in [5, 5.41) is 5.13. The molecule has 10 aromatic carbocycles. The normalized spacial score (nSPS) is 12.7. The van der Waals surface area contributed by atoms with Crippen LogP contribution < -0.4 is 4.90 Å². The van der Waals surface area contributed by atoms with Gasteiger partial charge < -0.3 is 4.90 Å². The Morgan fingerprint density at radius 2 is 0.857 bits per heavy atom. The molecule has 0 bridgehead atoms. The quantitative estimate of drug-likeness (QED) is 0.155. The number of nitrogens with zero attached hydrogens (tertiary/aromatic N) is 1. The van der Waals surface area contributed by atoms with Gasteiger partial charge in [0.2, 0.25) is 0 Å². The van der Waals surface area contributed by atoms with Crippen LogP contribution in [0, 0.1) is 0 Å². The van der Waals surface area contributed by atoms with Gasteiger partial charge in [0.1, 0.15) is 0 Å². The zero-order valence-corrected chi connectivity index (χ0v) is 36.0. The molecule has 1 aromatic heterocycles. The Hall–Kier alpha value is -7.52. The highest BCUT2D eigenvalue weighted by molar-refractivity contribution is 7.25. The summed E-state index contributed by atoms with van der Waals surface area (Å²) in [4.78, 5) is 2.40. The smallest absolute Gasteiger partial charge is 0.0476 e. The van der Waals surface area contributed by atoms with Crippen LogP contribution in [0.5, 0.6) is 0 Å². The first kappa shape index (κ1) is 37.3. The van der Waals surface area contributed by atoms with E-state index >= 15 is 0 Å². The van der Waals surface area contributed by atoms with E-state index in [0.717, 1.165) is 17.1 Å². The second-order valence-corrected chi connectivity index (χ2v) is 18.4. The fourth-order valence-electron chi connectivity index (χ4n) is 10.1. The maximum absolute atomic E-state index is 2.40. The molecular weight excluding hydrogens is 779 g/mol. The van der Waals surface area contributed by atoms with Gasteiger partial charge in [0.25, 0.3) is 0 Å². The number of rotatable bonds is 7. The van der Waals surface area contributed by atoms with Gasteiger partial charge in [0.05, 0.1) is 0 Å². The number of benzene rings is 10. The number of fused-ring (bicyclic) bond motifs is 7. The van der Waals surface area contributed by atoms with E-state index in [9.17, 15) is 0 Å². The molecule has 298 valence electrons. The van der Waals surface area contributed by atoms with E-state index in [4.69, 9.17) is 0 Å². The lowest BCUT2D eigenvalue weighted by molar-refractivity contribution is 0.662. The fourth-order valence-corrected chi connectivity index (χ4v) is 11.2. The molecule has 0 aliphatic heterocycles.